The van der Waals surface area contributed by atoms with Crippen LogP contribution >= 0.6 is 0 Å². The molecule has 3 aromatic rings. The normalized spacial score (nSPS) is 12.8. The third-order valence-corrected chi connectivity index (χ3v) is 3.95. The van der Waals surface area contributed by atoms with Crippen molar-refractivity contribution in [2.45, 2.75) is 18.1 Å². The molecule has 4 nitrogen and oxygen atoms in total. The van der Waals surface area contributed by atoms with E-state index < -0.39 is 11.6 Å². The van der Waals surface area contributed by atoms with E-state index in [-0.39, 0.29) is 0 Å². The molecule has 0 saturated carbocycles. The van der Waals surface area contributed by atoms with Crippen LogP contribution < -0.4 is 5.73 Å². The lowest BCUT2D eigenvalue weighted by molar-refractivity contribution is 0.0430. The number of benzene rings is 1. The Morgan fingerprint density at radius 2 is 1.35 bits per heavy atom. The molecular weight excluding hydrogens is 286 g/mol. The first-order valence-electron chi connectivity index (χ1n) is 7.56. The molecule has 0 aliphatic heterocycles. The van der Waals surface area contributed by atoms with Crippen LogP contribution in [0.5, 0.6) is 0 Å². The van der Waals surface area contributed by atoms with Gasteiger partial charge < -0.3 is 10.8 Å². The molecule has 4 heteroatoms. The maximum absolute atomic E-state index is 11.4. The van der Waals surface area contributed by atoms with Crippen molar-refractivity contribution >= 4 is 0 Å². The Hall–Kier alpha value is -2.56. The van der Waals surface area contributed by atoms with E-state index in [2.05, 4.69) is 9.97 Å². The van der Waals surface area contributed by atoms with Gasteiger partial charge in [-0.1, -0.05) is 42.5 Å². The fraction of sp³-hybridized carbons (Fsp3) is 0.158. The van der Waals surface area contributed by atoms with Crippen LogP contribution in [0.2, 0.25) is 0 Å². The van der Waals surface area contributed by atoms with E-state index in [1.54, 1.807) is 24.5 Å². The first-order chi connectivity index (χ1) is 11.2. The van der Waals surface area contributed by atoms with Gasteiger partial charge in [-0.15, -0.1) is 0 Å². The molecule has 0 bridgehead atoms. The van der Waals surface area contributed by atoms with Gasteiger partial charge in [-0.3, -0.25) is 9.97 Å². The summed E-state index contributed by atoms with van der Waals surface area (Å²) >= 11 is 0. The average molecular weight is 305 g/mol. The lowest BCUT2D eigenvalue weighted by Crippen LogP contribution is -2.48. The number of nitrogens with two attached hydrogens (primary N) is 1. The van der Waals surface area contributed by atoms with Crippen molar-refractivity contribution in [1.29, 1.82) is 0 Å². The molecule has 23 heavy (non-hydrogen) atoms. The molecule has 116 valence electrons. The Labute approximate surface area is 135 Å². The molecule has 1 atom stereocenters. The topological polar surface area (TPSA) is 72.0 Å². The second-order valence-electron chi connectivity index (χ2n) is 5.49. The molecule has 0 spiro atoms. The molecule has 0 amide bonds. The number of aliphatic hydroxyl groups is 1. The molecule has 0 aliphatic rings. The van der Waals surface area contributed by atoms with Crippen molar-refractivity contribution in [1.82, 2.24) is 9.97 Å². The molecule has 1 aromatic carbocycles. The minimum absolute atomic E-state index is 0.502. The van der Waals surface area contributed by atoms with Gasteiger partial charge >= 0.3 is 0 Å². The second-order valence-corrected chi connectivity index (χ2v) is 5.49. The van der Waals surface area contributed by atoms with Crippen LogP contribution in [0.15, 0.2) is 79.1 Å². The average Bonchev–Trinajstić information content (AvgIpc) is 2.63. The number of rotatable bonds is 5. The fourth-order valence-electron chi connectivity index (χ4n) is 2.70. The SMILES string of the molecule is NC(Cc1ccccc1)C(O)(c1ccccn1)c1ccccn1. The third-order valence-electron chi connectivity index (χ3n) is 3.95. The van der Waals surface area contributed by atoms with Crippen LogP contribution in [0.4, 0.5) is 0 Å². The zero-order valence-electron chi connectivity index (χ0n) is 12.7. The largest absolute Gasteiger partial charge is 0.375 e. The van der Waals surface area contributed by atoms with Crippen molar-refractivity contribution < 1.29 is 5.11 Å². The van der Waals surface area contributed by atoms with Crippen LogP contribution in [0.1, 0.15) is 17.0 Å². The minimum atomic E-state index is -1.45. The van der Waals surface area contributed by atoms with Crippen LogP contribution in [-0.4, -0.2) is 21.1 Å². The predicted molar refractivity (Wildman–Crippen MR) is 89.6 cm³/mol. The minimum Gasteiger partial charge on any atom is -0.375 e. The highest BCUT2D eigenvalue weighted by Crippen LogP contribution is 2.30. The van der Waals surface area contributed by atoms with Crippen molar-refractivity contribution in [3.05, 3.63) is 96.1 Å². The summed E-state index contributed by atoms with van der Waals surface area (Å²) in [6.07, 6.45) is 3.82. The molecule has 0 fully saturated rings. The maximum Gasteiger partial charge on any atom is 0.163 e. The highest BCUT2D eigenvalue weighted by atomic mass is 16.3. The smallest absolute Gasteiger partial charge is 0.163 e. The van der Waals surface area contributed by atoms with Gasteiger partial charge in [-0.25, -0.2) is 0 Å². The maximum atomic E-state index is 11.4. The first-order valence-corrected chi connectivity index (χ1v) is 7.56. The van der Waals surface area contributed by atoms with E-state index >= 15 is 0 Å². The van der Waals surface area contributed by atoms with Gasteiger partial charge in [0.25, 0.3) is 0 Å². The van der Waals surface area contributed by atoms with Crippen molar-refractivity contribution in [3.8, 4) is 0 Å². The molecule has 2 aromatic heterocycles. The van der Waals surface area contributed by atoms with Crippen LogP contribution in [0.3, 0.4) is 0 Å². The van der Waals surface area contributed by atoms with E-state index in [1.165, 1.54) is 0 Å². The summed E-state index contributed by atoms with van der Waals surface area (Å²) in [7, 11) is 0. The lowest BCUT2D eigenvalue weighted by Gasteiger charge is -2.33. The fourth-order valence-corrected chi connectivity index (χ4v) is 2.70. The highest BCUT2D eigenvalue weighted by Gasteiger charge is 2.40. The monoisotopic (exact) mass is 305 g/mol. The Balaban J connectivity index is 2.02. The molecule has 0 aliphatic carbocycles. The van der Waals surface area contributed by atoms with Gasteiger partial charge in [0, 0.05) is 18.4 Å². The Kier molecular flexibility index (Phi) is 4.46. The van der Waals surface area contributed by atoms with Crippen molar-refractivity contribution in [3.63, 3.8) is 0 Å². The zero-order chi connectivity index (χ0) is 16.1. The predicted octanol–water partition coefficient (Wildman–Crippen LogP) is 2.28. The van der Waals surface area contributed by atoms with Gasteiger partial charge in [0.05, 0.1) is 11.4 Å². The molecular formula is C19H19N3O. The van der Waals surface area contributed by atoms with Gasteiger partial charge in [0.2, 0.25) is 0 Å². The zero-order valence-corrected chi connectivity index (χ0v) is 12.7. The number of nitrogens with zero attached hydrogens (tertiary/aromatic N) is 2. The number of hydrogen-bond acceptors (Lipinski definition) is 4. The van der Waals surface area contributed by atoms with Gasteiger partial charge in [-0.05, 0) is 36.2 Å². The first kappa shape index (κ1) is 15.3. The standard InChI is InChI=1S/C19H19N3O/c20-16(14-15-8-2-1-3-9-15)19(23,17-10-4-6-12-21-17)18-11-5-7-13-22-18/h1-13,16,23H,14,20H2. The van der Waals surface area contributed by atoms with Crippen LogP contribution in [0.25, 0.3) is 0 Å². The number of hydrogen-bond donors (Lipinski definition) is 2. The van der Waals surface area contributed by atoms with E-state index in [9.17, 15) is 5.11 Å². The summed E-state index contributed by atoms with van der Waals surface area (Å²) in [5.74, 6) is 0. The van der Waals surface area contributed by atoms with Crippen molar-refractivity contribution in [2.75, 3.05) is 0 Å². The molecule has 0 radical (unpaired) electrons. The van der Waals surface area contributed by atoms with Crippen LogP contribution in [0, 0.1) is 0 Å². The summed E-state index contributed by atoms with van der Waals surface area (Å²) in [6.45, 7) is 0. The third kappa shape index (κ3) is 3.13. The highest BCUT2D eigenvalue weighted by molar-refractivity contribution is 5.31. The van der Waals surface area contributed by atoms with Gasteiger partial charge in [0.1, 0.15) is 0 Å². The Morgan fingerprint density at radius 1 is 0.826 bits per heavy atom. The van der Waals surface area contributed by atoms with Crippen LogP contribution in [-0.2, 0) is 12.0 Å². The van der Waals surface area contributed by atoms with Gasteiger partial charge in [0.15, 0.2) is 5.60 Å². The summed E-state index contributed by atoms with van der Waals surface area (Å²) in [4.78, 5) is 8.64. The van der Waals surface area contributed by atoms with E-state index in [1.807, 2.05) is 54.6 Å². The molecule has 3 N–H and O–H groups in total. The molecule has 0 saturated heterocycles. The summed E-state index contributed by atoms with van der Waals surface area (Å²) < 4.78 is 0. The summed E-state index contributed by atoms with van der Waals surface area (Å²) in [6, 6.07) is 20.2. The number of aromatic nitrogens is 2. The summed E-state index contributed by atoms with van der Waals surface area (Å²) in [5.41, 5.74) is 7.04. The van der Waals surface area contributed by atoms with E-state index in [0.29, 0.717) is 17.8 Å². The van der Waals surface area contributed by atoms with Crippen molar-refractivity contribution in [2.24, 2.45) is 5.73 Å². The number of pyridine rings is 2. The quantitative estimate of drug-likeness (QED) is 0.758. The Bertz CT molecular complexity index is 693. The molecule has 1 unspecified atom stereocenters. The second kappa shape index (κ2) is 6.69. The van der Waals surface area contributed by atoms with Gasteiger partial charge in [-0.2, -0.15) is 0 Å². The molecule has 2 heterocycles. The lowest BCUT2D eigenvalue weighted by atomic mass is 9.83. The molecule has 3 rings (SSSR count). The Morgan fingerprint density at radius 3 is 1.83 bits per heavy atom. The van der Waals surface area contributed by atoms with E-state index in [4.69, 9.17) is 5.73 Å². The van der Waals surface area contributed by atoms with E-state index in [0.717, 1.165) is 5.56 Å². The summed E-state index contributed by atoms with van der Waals surface area (Å²) in [5, 5.41) is 11.4.